The summed E-state index contributed by atoms with van der Waals surface area (Å²) in [5, 5.41) is 6.35. The Kier molecular flexibility index (Phi) is 3.04. The van der Waals surface area contributed by atoms with Crippen LogP contribution in [0.4, 0.5) is 0 Å². The van der Waals surface area contributed by atoms with E-state index in [1.54, 1.807) is 0 Å². The average molecular weight is 253 g/mol. The summed E-state index contributed by atoms with van der Waals surface area (Å²) in [6.07, 6.45) is 1.32. The molecule has 0 aromatic carbocycles. The van der Waals surface area contributed by atoms with E-state index in [1.807, 2.05) is 27.7 Å². The molecule has 2 heterocycles. The number of carbonyl (C=O) groups is 1. The van der Waals surface area contributed by atoms with E-state index in [0.29, 0.717) is 24.6 Å². The molecule has 2 unspecified atom stereocenters. The molecule has 0 aliphatic carbocycles. The van der Waals surface area contributed by atoms with Crippen LogP contribution in [-0.4, -0.2) is 26.3 Å². The van der Waals surface area contributed by atoms with Crippen molar-refractivity contribution in [1.82, 2.24) is 14.8 Å². The largest absolute Gasteiger partial charge is 0.458 e. The van der Waals surface area contributed by atoms with E-state index in [9.17, 15) is 9.59 Å². The minimum atomic E-state index is -0.561. The predicted octanol–water partition coefficient (Wildman–Crippen LogP) is 1.04. The number of aromatic amines is 1. The molecule has 0 spiro atoms. The number of nitrogens with zero attached hydrogens (tertiary/aromatic N) is 2. The first-order valence-electron chi connectivity index (χ1n) is 6.16. The van der Waals surface area contributed by atoms with Crippen LogP contribution in [-0.2, 0) is 16.0 Å². The summed E-state index contributed by atoms with van der Waals surface area (Å²) in [4.78, 5) is 23.8. The van der Waals surface area contributed by atoms with Gasteiger partial charge < -0.3 is 4.74 Å². The Hall–Kier alpha value is -1.59. The lowest BCUT2D eigenvalue weighted by Gasteiger charge is -2.29. The minimum absolute atomic E-state index is 0.310. The number of hydrogen-bond donors (Lipinski definition) is 1. The van der Waals surface area contributed by atoms with E-state index < -0.39 is 11.6 Å². The summed E-state index contributed by atoms with van der Waals surface area (Å²) < 4.78 is 6.79. The lowest BCUT2D eigenvalue weighted by atomic mass is 9.94. The Labute approximate surface area is 105 Å². The first kappa shape index (κ1) is 12.9. The van der Waals surface area contributed by atoms with E-state index in [1.165, 1.54) is 4.57 Å². The average Bonchev–Trinajstić information content (AvgIpc) is 2.56. The first-order valence-corrected chi connectivity index (χ1v) is 6.16. The third kappa shape index (κ3) is 2.47. The molecule has 0 fully saturated rings. The molecule has 2 atom stereocenters. The van der Waals surface area contributed by atoms with Crippen LogP contribution in [0.3, 0.4) is 0 Å². The third-order valence-corrected chi connectivity index (χ3v) is 2.92. The van der Waals surface area contributed by atoms with Crippen molar-refractivity contribution in [2.75, 3.05) is 0 Å². The lowest BCUT2D eigenvalue weighted by molar-refractivity contribution is -0.160. The maximum absolute atomic E-state index is 12.1. The number of esters is 1. The van der Waals surface area contributed by atoms with Gasteiger partial charge in [0, 0.05) is 6.42 Å². The van der Waals surface area contributed by atoms with Crippen molar-refractivity contribution in [3.05, 3.63) is 16.3 Å². The molecule has 6 nitrogen and oxygen atoms in total. The van der Waals surface area contributed by atoms with Crippen molar-refractivity contribution in [2.24, 2.45) is 5.92 Å². The Morgan fingerprint density at radius 1 is 1.50 bits per heavy atom. The number of hydrogen-bond acceptors (Lipinski definition) is 4. The highest BCUT2D eigenvalue weighted by atomic mass is 16.6. The zero-order valence-electron chi connectivity index (χ0n) is 11.2. The van der Waals surface area contributed by atoms with Gasteiger partial charge in [0.25, 0.3) is 0 Å². The van der Waals surface area contributed by atoms with Crippen LogP contribution in [0.2, 0.25) is 0 Å². The number of aromatic nitrogens is 3. The molecule has 2 rings (SSSR count). The first-order chi connectivity index (χ1) is 8.28. The van der Waals surface area contributed by atoms with Crippen molar-refractivity contribution >= 4 is 5.97 Å². The van der Waals surface area contributed by atoms with Crippen LogP contribution < -0.4 is 5.69 Å². The second-order valence-corrected chi connectivity index (χ2v) is 5.91. The Bertz CT molecular complexity index is 509. The van der Waals surface area contributed by atoms with Gasteiger partial charge in [0.15, 0.2) is 0 Å². The van der Waals surface area contributed by atoms with Gasteiger partial charge in [0.1, 0.15) is 17.5 Å². The molecule has 0 amide bonds. The summed E-state index contributed by atoms with van der Waals surface area (Å²) in [5.41, 5.74) is -0.890. The maximum Gasteiger partial charge on any atom is 0.344 e. The number of ether oxygens (including phenoxy) is 1. The summed E-state index contributed by atoms with van der Waals surface area (Å²) in [6, 6.07) is -0.561. The second-order valence-electron chi connectivity index (χ2n) is 5.91. The number of carbonyl (C=O) groups excluding carboxylic acids is 1. The molecule has 1 aliphatic rings. The van der Waals surface area contributed by atoms with E-state index >= 15 is 0 Å². The Morgan fingerprint density at radius 3 is 2.78 bits per heavy atom. The van der Waals surface area contributed by atoms with Crippen molar-refractivity contribution in [2.45, 2.75) is 52.2 Å². The smallest absolute Gasteiger partial charge is 0.344 e. The molecule has 18 heavy (non-hydrogen) atoms. The summed E-state index contributed by atoms with van der Waals surface area (Å²) in [7, 11) is 0. The van der Waals surface area contributed by atoms with E-state index in [2.05, 4.69) is 10.2 Å². The van der Waals surface area contributed by atoms with Gasteiger partial charge in [-0.05, 0) is 33.1 Å². The summed E-state index contributed by atoms with van der Waals surface area (Å²) in [5.74, 6) is 0.582. The van der Waals surface area contributed by atoms with Gasteiger partial charge in [0.05, 0.1) is 0 Å². The van der Waals surface area contributed by atoms with Gasteiger partial charge in [-0.25, -0.2) is 14.7 Å². The molecule has 0 saturated carbocycles. The van der Waals surface area contributed by atoms with Crippen LogP contribution in [0.1, 0.15) is 46.0 Å². The molecule has 1 aromatic heterocycles. The zero-order chi connectivity index (χ0) is 13.5. The van der Waals surface area contributed by atoms with Crippen LogP contribution >= 0.6 is 0 Å². The molecule has 0 bridgehead atoms. The van der Waals surface area contributed by atoms with Crippen LogP contribution in [0.25, 0.3) is 0 Å². The molecule has 100 valence electrons. The van der Waals surface area contributed by atoms with Gasteiger partial charge in [0.2, 0.25) is 0 Å². The van der Waals surface area contributed by atoms with Crippen molar-refractivity contribution in [3.63, 3.8) is 0 Å². The van der Waals surface area contributed by atoms with Gasteiger partial charge in [-0.3, -0.25) is 4.57 Å². The highest BCUT2D eigenvalue weighted by molar-refractivity contribution is 5.75. The molecule has 0 radical (unpaired) electrons. The summed E-state index contributed by atoms with van der Waals surface area (Å²) >= 11 is 0. The number of rotatable bonds is 1. The summed E-state index contributed by atoms with van der Waals surface area (Å²) in [6.45, 7) is 7.49. The second kappa shape index (κ2) is 4.26. The monoisotopic (exact) mass is 253 g/mol. The van der Waals surface area contributed by atoms with Gasteiger partial charge in [-0.2, -0.15) is 5.10 Å². The standard InChI is InChI=1S/C12H19N3O3/c1-7-5-8(10(16)18-12(2,3)4)15-9(6-7)13-14-11(15)17/h7-8H,5-6H2,1-4H3,(H,14,17). The van der Waals surface area contributed by atoms with Crippen molar-refractivity contribution in [1.29, 1.82) is 0 Å². The molecule has 6 heteroatoms. The van der Waals surface area contributed by atoms with Crippen molar-refractivity contribution < 1.29 is 9.53 Å². The topological polar surface area (TPSA) is 77.0 Å². The Morgan fingerprint density at radius 2 is 2.17 bits per heavy atom. The minimum Gasteiger partial charge on any atom is -0.458 e. The molecule has 1 aromatic rings. The molecular weight excluding hydrogens is 234 g/mol. The zero-order valence-corrected chi connectivity index (χ0v) is 11.2. The Balaban J connectivity index is 2.31. The molecule has 0 saturated heterocycles. The fourth-order valence-electron chi connectivity index (χ4n) is 2.26. The highest BCUT2D eigenvalue weighted by Gasteiger charge is 2.35. The molecular formula is C12H19N3O3. The number of nitrogens with one attached hydrogen (secondary N) is 1. The van der Waals surface area contributed by atoms with Crippen LogP contribution in [0, 0.1) is 5.92 Å². The van der Waals surface area contributed by atoms with E-state index in [-0.39, 0.29) is 11.7 Å². The number of fused-ring (bicyclic) bond motifs is 1. The quantitative estimate of drug-likeness (QED) is 0.758. The van der Waals surface area contributed by atoms with E-state index in [0.717, 1.165) is 0 Å². The van der Waals surface area contributed by atoms with Gasteiger partial charge in [-0.15, -0.1) is 0 Å². The van der Waals surface area contributed by atoms with Gasteiger partial charge in [-0.1, -0.05) is 6.92 Å². The van der Waals surface area contributed by atoms with Gasteiger partial charge >= 0.3 is 11.7 Å². The maximum atomic E-state index is 12.1. The molecule has 1 N–H and O–H groups in total. The predicted molar refractivity (Wildman–Crippen MR) is 65.2 cm³/mol. The fraction of sp³-hybridized carbons (Fsp3) is 0.750. The highest BCUT2D eigenvalue weighted by Crippen LogP contribution is 2.28. The van der Waals surface area contributed by atoms with Crippen LogP contribution in [0.15, 0.2) is 4.79 Å². The lowest BCUT2D eigenvalue weighted by Crippen LogP contribution is -2.38. The SMILES string of the molecule is CC1Cc2n[nH]c(=O)n2C(C(=O)OC(C)(C)C)C1. The number of H-pyrrole nitrogens is 1. The fourth-order valence-corrected chi connectivity index (χ4v) is 2.26. The third-order valence-electron chi connectivity index (χ3n) is 2.92. The van der Waals surface area contributed by atoms with Crippen LogP contribution in [0.5, 0.6) is 0 Å². The normalized spacial score (nSPS) is 23.6. The molecule has 1 aliphatic heterocycles. The van der Waals surface area contributed by atoms with Crippen molar-refractivity contribution in [3.8, 4) is 0 Å². The van der Waals surface area contributed by atoms with E-state index in [4.69, 9.17) is 4.74 Å².